The molecule has 19 heavy (non-hydrogen) atoms. The van der Waals surface area contributed by atoms with Crippen LogP contribution in [0.15, 0.2) is 36.8 Å². The van der Waals surface area contributed by atoms with Gasteiger partial charge in [0.2, 0.25) is 0 Å². The standard InChI is InChI=1S/C16H21N3/c1-4-7-18-16(14-6-5-13(3)19-11-14)15-8-12(2)9-17-10-15/h5-6,8-11,16,18H,4,7H2,1-3H3. The first kappa shape index (κ1) is 13.7. The molecule has 100 valence electrons. The molecule has 1 N–H and O–H groups in total. The van der Waals surface area contributed by atoms with Crippen molar-refractivity contribution < 1.29 is 0 Å². The van der Waals surface area contributed by atoms with Crippen molar-refractivity contribution >= 4 is 0 Å². The van der Waals surface area contributed by atoms with Gasteiger partial charge in [-0.05, 0) is 49.6 Å². The molecule has 0 bridgehead atoms. The molecule has 0 aliphatic carbocycles. The third kappa shape index (κ3) is 3.61. The molecule has 2 rings (SSSR count). The molecule has 2 aromatic heterocycles. The summed E-state index contributed by atoms with van der Waals surface area (Å²) in [7, 11) is 0. The average Bonchev–Trinajstić information content (AvgIpc) is 2.41. The van der Waals surface area contributed by atoms with Gasteiger partial charge in [-0.25, -0.2) is 0 Å². The zero-order valence-corrected chi connectivity index (χ0v) is 11.9. The number of hydrogen-bond acceptors (Lipinski definition) is 3. The van der Waals surface area contributed by atoms with Crippen molar-refractivity contribution in [2.75, 3.05) is 6.54 Å². The van der Waals surface area contributed by atoms with Gasteiger partial charge in [-0.2, -0.15) is 0 Å². The molecule has 0 aliphatic heterocycles. The summed E-state index contributed by atoms with van der Waals surface area (Å²) in [6.45, 7) is 7.23. The molecule has 0 aliphatic rings. The van der Waals surface area contributed by atoms with Crippen LogP contribution in [0.2, 0.25) is 0 Å². The highest BCUT2D eigenvalue weighted by atomic mass is 14.9. The highest BCUT2D eigenvalue weighted by molar-refractivity contribution is 5.30. The Labute approximate surface area is 115 Å². The summed E-state index contributed by atoms with van der Waals surface area (Å²) in [6, 6.07) is 6.54. The lowest BCUT2D eigenvalue weighted by Crippen LogP contribution is -2.23. The summed E-state index contributed by atoms with van der Waals surface area (Å²) in [5, 5.41) is 3.57. The van der Waals surface area contributed by atoms with Gasteiger partial charge >= 0.3 is 0 Å². The quantitative estimate of drug-likeness (QED) is 0.891. The number of nitrogens with zero attached hydrogens (tertiary/aromatic N) is 2. The van der Waals surface area contributed by atoms with Crippen molar-refractivity contribution in [1.29, 1.82) is 0 Å². The third-order valence-electron chi connectivity index (χ3n) is 3.10. The van der Waals surface area contributed by atoms with E-state index in [0.29, 0.717) is 0 Å². The van der Waals surface area contributed by atoms with E-state index in [2.05, 4.69) is 47.3 Å². The molecular formula is C16H21N3. The Kier molecular flexibility index (Phi) is 4.63. The van der Waals surface area contributed by atoms with E-state index >= 15 is 0 Å². The Hall–Kier alpha value is -1.74. The Morgan fingerprint density at radius 2 is 1.95 bits per heavy atom. The van der Waals surface area contributed by atoms with Gasteiger partial charge in [-0.3, -0.25) is 9.97 Å². The van der Waals surface area contributed by atoms with Crippen LogP contribution in [0, 0.1) is 13.8 Å². The van der Waals surface area contributed by atoms with E-state index in [1.54, 1.807) is 0 Å². The first-order chi connectivity index (χ1) is 9.20. The molecule has 3 nitrogen and oxygen atoms in total. The molecule has 0 aromatic carbocycles. The minimum atomic E-state index is 0.167. The Balaban J connectivity index is 2.32. The maximum atomic E-state index is 4.40. The summed E-state index contributed by atoms with van der Waals surface area (Å²) in [5.41, 5.74) is 4.60. The Morgan fingerprint density at radius 1 is 1.11 bits per heavy atom. The largest absolute Gasteiger partial charge is 0.306 e. The normalized spacial score (nSPS) is 12.4. The second kappa shape index (κ2) is 6.43. The van der Waals surface area contributed by atoms with E-state index in [1.165, 1.54) is 16.7 Å². The fourth-order valence-corrected chi connectivity index (χ4v) is 2.10. The number of nitrogens with one attached hydrogen (secondary N) is 1. The van der Waals surface area contributed by atoms with Crippen LogP contribution in [0.1, 0.15) is 41.8 Å². The van der Waals surface area contributed by atoms with Crippen LogP contribution in [-0.2, 0) is 0 Å². The lowest BCUT2D eigenvalue weighted by molar-refractivity contribution is 0.595. The molecule has 2 heterocycles. The molecule has 0 amide bonds. The summed E-state index contributed by atoms with van der Waals surface area (Å²) >= 11 is 0. The van der Waals surface area contributed by atoms with Gasteiger partial charge in [0, 0.05) is 24.3 Å². The second-order valence-electron chi connectivity index (χ2n) is 4.92. The molecule has 1 unspecified atom stereocenters. The maximum Gasteiger partial charge on any atom is 0.0607 e. The fourth-order valence-electron chi connectivity index (χ4n) is 2.10. The van der Waals surface area contributed by atoms with Gasteiger partial charge in [0.15, 0.2) is 0 Å². The lowest BCUT2D eigenvalue weighted by atomic mass is 10.0. The third-order valence-corrected chi connectivity index (χ3v) is 3.10. The smallest absolute Gasteiger partial charge is 0.0607 e. The fraction of sp³-hybridized carbons (Fsp3) is 0.375. The van der Waals surface area contributed by atoms with Crippen LogP contribution in [0.4, 0.5) is 0 Å². The van der Waals surface area contributed by atoms with Crippen LogP contribution < -0.4 is 5.32 Å². The number of hydrogen-bond donors (Lipinski definition) is 1. The van der Waals surface area contributed by atoms with Crippen LogP contribution in [0.25, 0.3) is 0 Å². The minimum Gasteiger partial charge on any atom is -0.306 e. The second-order valence-corrected chi connectivity index (χ2v) is 4.92. The number of aromatic nitrogens is 2. The number of rotatable bonds is 5. The highest BCUT2D eigenvalue weighted by Crippen LogP contribution is 2.21. The van der Waals surface area contributed by atoms with Crippen molar-refractivity contribution in [1.82, 2.24) is 15.3 Å². The summed E-state index contributed by atoms with van der Waals surface area (Å²) in [4.78, 5) is 8.69. The van der Waals surface area contributed by atoms with E-state index in [1.807, 2.05) is 25.5 Å². The van der Waals surface area contributed by atoms with Crippen molar-refractivity contribution in [3.05, 3.63) is 59.2 Å². The first-order valence-corrected chi connectivity index (χ1v) is 6.78. The topological polar surface area (TPSA) is 37.8 Å². The zero-order chi connectivity index (χ0) is 13.7. The molecule has 2 aromatic rings. The molecule has 0 saturated heterocycles. The van der Waals surface area contributed by atoms with Gasteiger partial charge in [-0.15, -0.1) is 0 Å². The van der Waals surface area contributed by atoms with Gasteiger partial charge in [-0.1, -0.05) is 19.1 Å². The maximum absolute atomic E-state index is 4.40. The summed E-state index contributed by atoms with van der Waals surface area (Å²) in [5.74, 6) is 0. The number of pyridine rings is 2. The van der Waals surface area contributed by atoms with E-state index in [4.69, 9.17) is 0 Å². The number of aryl methyl sites for hydroxylation is 2. The highest BCUT2D eigenvalue weighted by Gasteiger charge is 2.14. The summed E-state index contributed by atoms with van der Waals surface area (Å²) in [6.07, 6.45) is 6.87. The molecule has 1 atom stereocenters. The van der Waals surface area contributed by atoms with Crippen LogP contribution in [0.3, 0.4) is 0 Å². The van der Waals surface area contributed by atoms with Crippen molar-refractivity contribution in [2.45, 2.75) is 33.2 Å². The minimum absolute atomic E-state index is 0.167. The predicted molar refractivity (Wildman–Crippen MR) is 78.1 cm³/mol. The zero-order valence-electron chi connectivity index (χ0n) is 11.9. The van der Waals surface area contributed by atoms with Gasteiger partial charge in [0.05, 0.1) is 6.04 Å². The molecule has 0 spiro atoms. The van der Waals surface area contributed by atoms with Crippen molar-refractivity contribution in [2.24, 2.45) is 0 Å². The molecule has 0 saturated carbocycles. The van der Waals surface area contributed by atoms with Crippen molar-refractivity contribution in [3.8, 4) is 0 Å². The summed E-state index contributed by atoms with van der Waals surface area (Å²) < 4.78 is 0. The van der Waals surface area contributed by atoms with E-state index in [-0.39, 0.29) is 6.04 Å². The van der Waals surface area contributed by atoms with Gasteiger partial charge in [0.1, 0.15) is 0 Å². The Bertz CT molecular complexity index is 520. The molecular weight excluding hydrogens is 234 g/mol. The van der Waals surface area contributed by atoms with Gasteiger partial charge in [0.25, 0.3) is 0 Å². The lowest BCUT2D eigenvalue weighted by Gasteiger charge is -2.19. The predicted octanol–water partition coefficient (Wildman–Crippen LogP) is 3.18. The molecule has 0 fully saturated rings. The van der Waals surface area contributed by atoms with Crippen LogP contribution in [-0.4, -0.2) is 16.5 Å². The van der Waals surface area contributed by atoms with E-state index < -0.39 is 0 Å². The average molecular weight is 255 g/mol. The first-order valence-electron chi connectivity index (χ1n) is 6.78. The van der Waals surface area contributed by atoms with E-state index in [9.17, 15) is 0 Å². The molecule has 3 heteroatoms. The van der Waals surface area contributed by atoms with Crippen LogP contribution in [0.5, 0.6) is 0 Å². The van der Waals surface area contributed by atoms with Crippen LogP contribution >= 0.6 is 0 Å². The Morgan fingerprint density at radius 3 is 2.58 bits per heavy atom. The monoisotopic (exact) mass is 255 g/mol. The van der Waals surface area contributed by atoms with E-state index in [0.717, 1.165) is 18.7 Å². The van der Waals surface area contributed by atoms with Crippen molar-refractivity contribution in [3.63, 3.8) is 0 Å². The molecule has 0 radical (unpaired) electrons. The van der Waals surface area contributed by atoms with Gasteiger partial charge < -0.3 is 5.32 Å². The SMILES string of the molecule is CCCNC(c1ccc(C)nc1)c1cncc(C)c1.